The minimum atomic E-state index is 0.384. The van der Waals surface area contributed by atoms with Crippen molar-refractivity contribution in [3.05, 3.63) is 47.2 Å². The SMILES string of the molecule is CCc1ccc(C2CCNc3cc(C4CC4C)nn32)cc1. The lowest BCUT2D eigenvalue weighted by molar-refractivity contribution is 0.477. The average Bonchev–Trinajstić information content (AvgIpc) is 3.10. The molecule has 0 bridgehead atoms. The maximum Gasteiger partial charge on any atom is 0.125 e. The molecule has 3 atom stereocenters. The minimum absolute atomic E-state index is 0.384. The van der Waals surface area contributed by atoms with Crippen LogP contribution in [0.2, 0.25) is 0 Å². The Kier molecular flexibility index (Phi) is 3.02. The van der Waals surface area contributed by atoms with Crippen molar-refractivity contribution < 1.29 is 0 Å². The standard InChI is InChI=1S/C18H23N3/c1-3-13-4-6-14(7-5-13)17-8-9-19-18-11-16(20-21(17)18)15-10-12(15)2/h4-7,11-12,15,17,19H,3,8-10H2,1-2H3. The molecular weight excluding hydrogens is 258 g/mol. The van der Waals surface area contributed by atoms with Crippen molar-refractivity contribution in [1.82, 2.24) is 9.78 Å². The van der Waals surface area contributed by atoms with Crippen LogP contribution in [0.25, 0.3) is 0 Å². The summed E-state index contributed by atoms with van der Waals surface area (Å²) in [6, 6.07) is 11.7. The van der Waals surface area contributed by atoms with E-state index in [1.54, 1.807) is 0 Å². The zero-order valence-electron chi connectivity index (χ0n) is 12.8. The van der Waals surface area contributed by atoms with E-state index in [1.807, 2.05) is 0 Å². The molecule has 2 aliphatic rings. The highest BCUT2D eigenvalue weighted by Gasteiger charge is 2.37. The fourth-order valence-electron chi connectivity index (χ4n) is 3.44. The van der Waals surface area contributed by atoms with E-state index in [4.69, 9.17) is 5.10 Å². The molecule has 1 saturated carbocycles. The smallest absolute Gasteiger partial charge is 0.125 e. The lowest BCUT2D eigenvalue weighted by atomic mass is 10.0. The summed E-state index contributed by atoms with van der Waals surface area (Å²) in [5.74, 6) is 2.69. The number of hydrogen-bond donors (Lipinski definition) is 1. The predicted octanol–water partition coefficient (Wildman–Crippen LogP) is 3.97. The van der Waals surface area contributed by atoms with Crippen molar-refractivity contribution in [2.24, 2.45) is 5.92 Å². The summed E-state index contributed by atoms with van der Waals surface area (Å²) < 4.78 is 2.21. The van der Waals surface area contributed by atoms with E-state index in [9.17, 15) is 0 Å². The van der Waals surface area contributed by atoms with Gasteiger partial charge in [0.2, 0.25) is 0 Å². The third kappa shape index (κ3) is 2.25. The number of benzene rings is 1. The zero-order valence-corrected chi connectivity index (χ0v) is 12.8. The topological polar surface area (TPSA) is 29.9 Å². The molecule has 1 fully saturated rings. The highest BCUT2D eigenvalue weighted by molar-refractivity contribution is 5.43. The molecule has 3 heteroatoms. The monoisotopic (exact) mass is 281 g/mol. The van der Waals surface area contributed by atoms with Crippen LogP contribution < -0.4 is 5.32 Å². The van der Waals surface area contributed by atoms with Crippen LogP contribution in [-0.2, 0) is 6.42 Å². The highest BCUT2D eigenvalue weighted by Crippen LogP contribution is 2.47. The number of rotatable bonds is 3. The number of aromatic nitrogens is 2. The van der Waals surface area contributed by atoms with Crippen LogP contribution >= 0.6 is 0 Å². The van der Waals surface area contributed by atoms with Gasteiger partial charge in [-0.15, -0.1) is 0 Å². The van der Waals surface area contributed by atoms with Crippen LogP contribution in [0.1, 0.15) is 55.5 Å². The summed E-state index contributed by atoms with van der Waals surface area (Å²) in [5.41, 5.74) is 4.07. The number of aryl methyl sites for hydroxylation is 1. The molecule has 1 aliphatic heterocycles. The third-order valence-electron chi connectivity index (χ3n) is 5.04. The Morgan fingerprint density at radius 2 is 2.05 bits per heavy atom. The minimum Gasteiger partial charge on any atom is -0.370 e. The van der Waals surface area contributed by atoms with Crippen LogP contribution in [0.4, 0.5) is 5.82 Å². The molecule has 1 N–H and O–H groups in total. The number of fused-ring (bicyclic) bond motifs is 1. The molecule has 3 unspecified atom stereocenters. The third-order valence-corrected chi connectivity index (χ3v) is 5.04. The maximum atomic E-state index is 4.92. The normalized spacial score (nSPS) is 27.0. The number of anilines is 1. The number of hydrogen-bond acceptors (Lipinski definition) is 2. The summed E-state index contributed by atoms with van der Waals surface area (Å²) in [4.78, 5) is 0. The van der Waals surface area contributed by atoms with Gasteiger partial charge in [-0.2, -0.15) is 5.10 Å². The van der Waals surface area contributed by atoms with Gasteiger partial charge in [0.25, 0.3) is 0 Å². The van der Waals surface area contributed by atoms with Gasteiger partial charge < -0.3 is 5.32 Å². The molecule has 4 rings (SSSR count). The molecule has 0 radical (unpaired) electrons. The van der Waals surface area contributed by atoms with Gasteiger partial charge in [0.05, 0.1) is 11.7 Å². The Balaban J connectivity index is 1.67. The van der Waals surface area contributed by atoms with Crippen molar-refractivity contribution in [2.45, 2.75) is 45.1 Å². The highest BCUT2D eigenvalue weighted by atomic mass is 15.4. The van der Waals surface area contributed by atoms with Crippen LogP contribution in [-0.4, -0.2) is 16.3 Å². The molecule has 2 aromatic rings. The summed E-state index contributed by atoms with van der Waals surface area (Å²) >= 11 is 0. The van der Waals surface area contributed by atoms with Crippen molar-refractivity contribution >= 4 is 5.82 Å². The average molecular weight is 281 g/mol. The molecule has 3 nitrogen and oxygen atoms in total. The molecule has 2 heterocycles. The number of nitrogens with zero attached hydrogens (tertiary/aromatic N) is 2. The molecule has 0 spiro atoms. The van der Waals surface area contributed by atoms with Crippen LogP contribution in [0.3, 0.4) is 0 Å². The van der Waals surface area contributed by atoms with E-state index in [2.05, 4.69) is 54.2 Å². The Morgan fingerprint density at radius 3 is 2.71 bits per heavy atom. The van der Waals surface area contributed by atoms with E-state index in [1.165, 1.54) is 29.1 Å². The largest absolute Gasteiger partial charge is 0.370 e. The first-order chi connectivity index (χ1) is 10.3. The molecule has 1 aromatic carbocycles. The summed E-state index contributed by atoms with van der Waals surface area (Å²) in [6.45, 7) is 5.55. The van der Waals surface area contributed by atoms with E-state index >= 15 is 0 Å². The van der Waals surface area contributed by atoms with Crippen molar-refractivity contribution in [1.29, 1.82) is 0 Å². The van der Waals surface area contributed by atoms with Crippen molar-refractivity contribution in [3.63, 3.8) is 0 Å². The first kappa shape index (κ1) is 12.9. The van der Waals surface area contributed by atoms with E-state index in [0.29, 0.717) is 12.0 Å². The van der Waals surface area contributed by atoms with Gasteiger partial charge in [-0.25, -0.2) is 4.68 Å². The van der Waals surface area contributed by atoms with Gasteiger partial charge in [-0.3, -0.25) is 0 Å². The molecular formula is C18H23N3. The lowest BCUT2D eigenvalue weighted by Crippen LogP contribution is -2.24. The van der Waals surface area contributed by atoms with Crippen molar-refractivity contribution in [2.75, 3.05) is 11.9 Å². The Bertz CT molecular complexity index is 641. The number of nitrogens with one attached hydrogen (secondary N) is 1. The summed E-state index contributed by atoms with van der Waals surface area (Å²) in [7, 11) is 0. The van der Waals surface area contributed by atoms with Gasteiger partial charge in [0, 0.05) is 18.5 Å². The Hall–Kier alpha value is -1.77. The molecule has 21 heavy (non-hydrogen) atoms. The van der Waals surface area contributed by atoms with Gasteiger partial charge in [-0.1, -0.05) is 38.1 Å². The molecule has 1 aliphatic carbocycles. The van der Waals surface area contributed by atoms with Crippen LogP contribution in [0, 0.1) is 5.92 Å². The van der Waals surface area contributed by atoms with Crippen LogP contribution in [0.5, 0.6) is 0 Å². The second kappa shape index (κ2) is 4.90. The molecule has 1 aromatic heterocycles. The van der Waals surface area contributed by atoms with E-state index in [-0.39, 0.29) is 0 Å². The second-order valence-electron chi connectivity index (χ2n) is 6.54. The Morgan fingerprint density at radius 1 is 1.29 bits per heavy atom. The fourth-order valence-corrected chi connectivity index (χ4v) is 3.44. The maximum absolute atomic E-state index is 4.92. The van der Waals surface area contributed by atoms with E-state index < -0.39 is 0 Å². The second-order valence-corrected chi connectivity index (χ2v) is 6.54. The molecule has 0 amide bonds. The molecule has 0 saturated heterocycles. The Labute approximate surface area is 126 Å². The zero-order chi connectivity index (χ0) is 14.4. The predicted molar refractivity (Wildman–Crippen MR) is 85.8 cm³/mol. The van der Waals surface area contributed by atoms with Gasteiger partial charge in [0.1, 0.15) is 5.82 Å². The van der Waals surface area contributed by atoms with Crippen molar-refractivity contribution in [3.8, 4) is 0 Å². The first-order valence-electron chi connectivity index (χ1n) is 8.18. The summed E-state index contributed by atoms with van der Waals surface area (Å²) in [5, 5.41) is 8.42. The quantitative estimate of drug-likeness (QED) is 0.922. The molecule has 110 valence electrons. The summed E-state index contributed by atoms with van der Waals surface area (Å²) in [6.07, 6.45) is 3.51. The van der Waals surface area contributed by atoms with E-state index in [0.717, 1.165) is 25.3 Å². The van der Waals surface area contributed by atoms with Gasteiger partial charge >= 0.3 is 0 Å². The van der Waals surface area contributed by atoms with Crippen LogP contribution in [0.15, 0.2) is 30.3 Å². The first-order valence-corrected chi connectivity index (χ1v) is 8.18. The fraction of sp³-hybridized carbons (Fsp3) is 0.500. The lowest BCUT2D eigenvalue weighted by Gasteiger charge is -2.26. The van der Waals surface area contributed by atoms with Gasteiger partial charge in [0.15, 0.2) is 0 Å². The van der Waals surface area contributed by atoms with Gasteiger partial charge in [-0.05, 0) is 36.3 Å².